The standard InChI is InChI=1S/C16H18N4O5/c1-9-4-5-11(24-9)16(3)14(22)20(15(23)18-16)7-6-13(21)17-12-8-10(2)25-19-12/h4-5,8H,6-7H2,1-3H3,(H,18,23)(H,17,19,21). The number of carbonyl (C=O) groups excluding carboxylic acids is 3. The Bertz CT molecular complexity index is 839. The molecule has 4 amide bonds. The van der Waals surface area contributed by atoms with Crippen molar-refractivity contribution in [3.05, 3.63) is 35.5 Å². The number of amides is 4. The van der Waals surface area contributed by atoms with E-state index in [1.165, 1.54) is 0 Å². The van der Waals surface area contributed by atoms with E-state index in [4.69, 9.17) is 8.94 Å². The van der Waals surface area contributed by atoms with E-state index in [1.807, 2.05) is 0 Å². The second-order valence-corrected chi connectivity index (χ2v) is 6.04. The third-order valence-corrected chi connectivity index (χ3v) is 3.97. The van der Waals surface area contributed by atoms with Crippen LogP contribution in [0, 0.1) is 13.8 Å². The summed E-state index contributed by atoms with van der Waals surface area (Å²) in [7, 11) is 0. The average Bonchev–Trinajstić information content (AvgIpc) is 3.20. The first kappa shape index (κ1) is 16.7. The molecule has 1 unspecified atom stereocenters. The second-order valence-electron chi connectivity index (χ2n) is 6.04. The van der Waals surface area contributed by atoms with Crippen LogP contribution in [-0.4, -0.2) is 34.4 Å². The summed E-state index contributed by atoms with van der Waals surface area (Å²) in [6, 6.07) is 4.38. The summed E-state index contributed by atoms with van der Waals surface area (Å²) < 4.78 is 10.3. The maximum absolute atomic E-state index is 12.6. The van der Waals surface area contributed by atoms with Crippen molar-refractivity contribution < 1.29 is 23.3 Å². The van der Waals surface area contributed by atoms with Crippen LogP contribution in [-0.2, 0) is 15.1 Å². The normalized spacial score (nSPS) is 20.0. The van der Waals surface area contributed by atoms with Gasteiger partial charge in [0.2, 0.25) is 5.91 Å². The van der Waals surface area contributed by atoms with Gasteiger partial charge in [-0.15, -0.1) is 0 Å². The molecule has 0 saturated carbocycles. The Morgan fingerprint density at radius 3 is 2.68 bits per heavy atom. The molecule has 1 atom stereocenters. The number of hydrogen-bond donors (Lipinski definition) is 2. The number of rotatable bonds is 5. The van der Waals surface area contributed by atoms with E-state index in [0.29, 0.717) is 17.3 Å². The first-order valence-electron chi connectivity index (χ1n) is 7.74. The Balaban J connectivity index is 1.64. The molecule has 3 heterocycles. The fourth-order valence-corrected chi connectivity index (χ4v) is 2.61. The van der Waals surface area contributed by atoms with Crippen LogP contribution >= 0.6 is 0 Å². The van der Waals surface area contributed by atoms with Gasteiger partial charge in [-0.05, 0) is 32.9 Å². The smallest absolute Gasteiger partial charge is 0.325 e. The molecule has 132 valence electrons. The highest BCUT2D eigenvalue weighted by molar-refractivity contribution is 6.07. The second kappa shape index (κ2) is 6.08. The molecule has 9 heteroatoms. The van der Waals surface area contributed by atoms with Crippen LogP contribution in [0.5, 0.6) is 0 Å². The molecule has 1 fully saturated rings. The van der Waals surface area contributed by atoms with Crippen molar-refractivity contribution in [3.8, 4) is 0 Å². The molecule has 1 saturated heterocycles. The zero-order valence-corrected chi connectivity index (χ0v) is 14.1. The lowest BCUT2D eigenvalue weighted by molar-refractivity contribution is -0.131. The van der Waals surface area contributed by atoms with Crippen molar-refractivity contribution in [1.82, 2.24) is 15.4 Å². The molecule has 1 aliphatic heterocycles. The van der Waals surface area contributed by atoms with Gasteiger partial charge in [0, 0.05) is 19.0 Å². The number of anilines is 1. The predicted molar refractivity (Wildman–Crippen MR) is 85.5 cm³/mol. The number of aromatic nitrogens is 1. The molecule has 2 aromatic heterocycles. The summed E-state index contributed by atoms with van der Waals surface area (Å²) in [5.41, 5.74) is -1.27. The minimum absolute atomic E-state index is 0.0530. The molecule has 25 heavy (non-hydrogen) atoms. The van der Waals surface area contributed by atoms with Crippen LogP contribution in [0.4, 0.5) is 10.6 Å². The van der Waals surface area contributed by atoms with E-state index >= 15 is 0 Å². The number of aryl methyl sites for hydroxylation is 2. The Morgan fingerprint density at radius 2 is 2.08 bits per heavy atom. The van der Waals surface area contributed by atoms with Crippen LogP contribution in [0.3, 0.4) is 0 Å². The van der Waals surface area contributed by atoms with Crippen molar-refractivity contribution in [3.63, 3.8) is 0 Å². The summed E-state index contributed by atoms with van der Waals surface area (Å²) in [5, 5.41) is 8.81. The van der Waals surface area contributed by atoms with Crippen LogP contribution in [0.1, 0.15) is 30.6 Å². The number of nitrogens with zero attached hydrogens (tertiary/aromatic N) is 2. The third-order valence-electron chi connectivity index (χ3n) is 3.97. The van der Waals surface area contributed by atoms with Gasteiger partial charge in [-0.3, -0.25) is 14.5 Å². The summed E-state index contributed by atoms with van der Waals surface area (Å²) >= 11 is 0. The quantitative estimate of drug-likeness (QED) is 0.795. The summed E-state index contributed by atoms with van der Waals surface area (Å²) in [6.45, 7) is 4.97. The van der Waals surface area contributed by atoms with Gasteiger partial charge in [0.1, 0.15) is 17.3 Å². The number of furan rings is 1. The number of imide groups is 1. The molecule has 3 rings (SSSR count). The fraction of sp³-hybridized carbons (Fsp3) is 0.375. The van der Waals surface area contributed by atoms with Gasteiger partial charge in [-0.2, -0.15) is 0 Å². The molecule has 0 bridgehead atoms. The van der Waals surface area contributed by atoms with Crippen molar-refractivity contribution in [2.75, 3.05) is 11.9 Å². The lowest BCUT2D eigenvalue weighted by Crippen LogP contribution is -2.40. The third kappa shape index (κ3) is 3.12. The Kier molecular flexibility index (Phi) is 4.07. The van der Waals surface area contributed by atoms with E-state index in [0.717, 1.165) is 4.90 Å². The number of urea groups is 1. The molecule has 2 N–H and O–H groups in total. The Labute approximate surface area is 143 Å². The summed E-state index contributed by atoms with van der Waals surface area (Å²) in [4.78, 5) is 37.7. The van der Waals surface area contributed by atoms with Crippen LogP contribution in [0.2, 0.25) is 0 Å². The molecule has 2 aromatic rings. The van der Waals surface area contributed by atoms with Crippen LogP contribution in [0.25, 0.3) is 0 Å². The van der Waals surface area contributed by atoms with Gasteiger partial charge in [0.15, 0.2) is 11.4 Å². The van der Waals surface area contributed by atoms with Crippen molar-refractivity contribution >= 4 is 23.7 Å². The minimum Gasteiger partial charge on any atom is -0.463 e. The Hall–Kier alpha value is -3.10. The van der Waals surface area contributed by atoms with Gasteiger partial charge in [0.25, 0.3) is 5.91 Å². The van der Waals surface area contributed by atoms with E-state index < -0.39 is 17.5 Å². The van der Waals surface area contributed by atoms with Gasteiger partial charge in [-0.1, -0.05) is 5.16 Å². The average molecular weight is 346 g/mol. The Morgan fingerprint density at radius 1 is 1.32 bits per heavy atom. The maximum atomic E-state index is 12.6. The number of carbonyl (C=O) groups is 3. The van der Waals surface area contributed by atoms with Gasteiger partial charge >= 0.3 is 6.03 Å². The first-order valence-corrected chi connectivity index (χ1v) is 7.74. The maximum Gasteiger partial charge on any atom is 0.325 e. The highest BCUT2D eigenvalue weighted by Crippen LogP contribution is 2.30. The lowest BCUT2D eigenvalue weighted by Gasteiger charge is -2.19. The van der Waals surface area contributed by atoms with E-state index in [9.17, 15) is 14.4 Å². The van der Waals surface area contributed by atoms with Crippen molar-refractivity contribution in [1.29, 1.82) is 0 Å². The highest BCUT2D eigenvalue weighted by Gasteiger charge is 2.50. The molecule has 9 nitrogen and oxygen atoms in total. The van der Waals surface area contributed by atoms with Crippen molar-refractivity contribution in [2.24, 2.45) is 0 Å². The van der Waals surface area contributed by atoms with Crippen LogP contribution in [0.15, 0.2) is 27.1 Å². The van der Waals surface area contributed by atoms with Gasteiger partial charge in [0.05, 0.1) is 0 Å². The molecule has 0 radical (unpaired) electrons. The fourth-order valence-electron chi connectivity index (χ4n) is 2.61. The molecular weight excluding hydrogens is 328 g/mol. The summed E-state index contributed by atoms with van der Waals surface area (Å²) in [6.07, 6.45) is -0.0572. The SMILES string of the molecule is Cc1cc(NC(=O)CCN2C(=O)NC(C)(c3ccc(C)o3)C2=O)no1. The number of nitrogens with one attached hydrogen (secondary N) is 2. The lowest BCUT2D eigenvalue weighted by atomic mass is 9.99. The first-order chi connectivity index (χ1) is 11.8. The largest absolute Gasteiger partial charge is 0.463 e. The topological polar surface area (TPSA) is 118 Å². The van der Waals surface area contributed by atoms with Crippen LogP contribution < -0.4 is 10.6 Å². The zero-order chi connectivity index (χ0) is 18.2. The van der Waals surface area contributed by atoms with E-state index in [-0.39, 0.29) is 24.7 Å². The van der Waals surface area contributed by atoms with Crippen molar-refractivity contribution in [2.45, 2.75) is 32.7 Å². The minimum atomic E-state index is -1.27. The monoisotopic (exact) mass is 346 g/mol. The highest BCUT2D eigenvalue weighted by atomic mass is 16.5. The zero-order valence-electron chi connectivity index (χ0n) is 14.1. The molecular formula is C16H18N4O5. The number of hydrogen-bond acceptors (Lipinski definition) is 6. The summed E-state index contributed by atoms with van der Waals surface area (Å²) in [5.74, 6) is 1.00. The predicted octanol–water partition coefficient (Wildman–Crippen LogP) is 1.68. The molecule has 0 spiro atoms. The van der Waals surface area contributed by atoms with Gasteiger partial charge in [-0.25, -0.2) is 4.79 Å². The molecule has 0 aromatic carbocycles. The van der Waals surface area contributed by atoms with E-state index in [2.05, 4.69) is 15.8 Å². The van der Waals surface area contributed by atoms with E-state index in [1.54, 1.807) is 39.0 Å². The molecule has 1 aliphatic rings. The molecule has 0 aliphatic carbocycles. The van der Waals surface area contributed by atoms with Gasteiger partial charge < -0.3 is 19.6 Å².